The van der Waals surface area contributed by atoms with Crippen molar-refractivity contribution >= 4 is 0 Å². The molecule has 0 aromatic carbocycles. The lowest BCUT2D eigenvalue weighted by molar-refractivity contribution is -0.131. The molecule has 1 aromatic heterocycles. The summed E-state index contributed by atoms with van der Waals surface area (Å²) in [5, 5.41) is 11.1. The first-order valence-electron chi connectivity index (χ1n) is 7.69. The van der Waals surface area contributed by atoms with Crippen LogP contribution in [0.5, 0.6) is 0 Å². The van der Waals surface area contributed by atoms with Crippen molar-refractivity contribution in [1.82, 2.24) is 14.9 Å². The Kier molecular flexibility index (Phi) is 4.10. The summed E-state index contributed by atoms with van der Waals surface area (Å²) in [6.07, 6.45) is 6.51. The summed E-state index contributed by atoms with van der Waals surface area (Å²) in [6.45, 7) is 6.52. The number of aromatic nitrogens is 2. The van der Waals surface area contributed by atoms with E-state index in [0.717, 1.165) is 57.9 Å². The third-order valence-corrected chi connectivity index (χ3v) is 5.07. The second-order valence-corrected chi connectivity index (χ2v) is 6.30. The number of H-pyrrole nitrogens is 1. The number of hydrogen-bond acceptors (Lipinski definition) is 4. The van der Waals surface area contributed by atoms with Gasteiger partial charge in [0.2, 0.25) is 0 Å². The lowest BCUT2D eigenvalue weighted by atomic mass is 9.70. The lowest BCUT2D eigenvalue weighted by Gasteiger charge is -2.48. The highest BCUT2D eigenvalue weighted by molar-refractivity contribution is 4.98. The van der Waals surface area contributed by atoms with Crippen molar-refractivity contribution in [3.8, 4) is 0 Å². The molecule has 2 fully saturated rings. The maximum absolute atomic E-state index is 11.1. The van der Waals surface area contributed by atoms with E-state index in [9.17, 15) is 5.11 Å². The van der Waals surface area contributed by atoms with Crippen LogP contribution in [0, 0.1) is 11.8 Å². The zero-order chi connectivity index (χ0) is 14.0. The highest BCUT2D eigenvalue weighted by Gasteiger charge is 2.45. The van der Waals surface area contributed by atoms with Crippen molar-refractivity contribution < 1.29 is 9.84 Å². The van der Waals surface area contributed by atoms with Gasteiger partial charge in [-0.05, 0) is 31.1 Å². The summed E-state index contributed by atoms with van der Waals surface area (Å²) < 4.78 is 5.43. The largest absolute Gasteiger partial charge is 0.389 e. The third-order valence-electron chi connectivity index (χ3n) is 5.07. The predicted molar refractivity (Wildman–Crippen MR) is 76.1 cm³/mol. The van der Waals surface area contributed by atoms with Gasteiger partial charge in [-0.2, -0.15) is 0 Å². The Bertz CT molecular complexity index is 417. The Morgan fingerprint density at radius 2 is 2.30 bits per heavy atom. The fourth-order valence-electron chi connectivity index (χ4n) is 3.76. The normalized spacial score (nSPS) is 33.4. The minimum atomic E-state index is -0.510. The van der Waals surface area contributed by atoms with Crippen LogP contribution in [-0.2, 0) is 11.3 Å². The average molecular weight is 279 g/mol. The molecule has 3 heterocycles. The fourth-order valence-corrected chi connectivity index (χ4v) is 3.76. The van der Waals surface area contributed by atoms with Crippen molar-refractivity contribution in [2.24, 2.45) is 11.8 Å². The first-order valence-corrected chi connectivity index (χ1v) is 7.69. The Balaban J connectivity index is 1.60. The van der Waals surface area contributed by atoms with Gasteiger partial charge in [0.15, 0.2) is 0 Å². The highest BCUT2D eigenvalue weighted by Crippen LogP contribution is 2.39. The molecule has 2 N–H and O–H groups in total. The molecular weight excluding hydrogens is 254 g/mol. The summed E-state index contributed by atoms with van der Waals surface area (Å²) in [5.74, 6) is 1.71. The number of nitrogens with one attached hydrogen (secondary N) is 1. The van der Waals surface area contributed by atoms with E-state index in [2.05, 4.69) is 21.8 Å². The summed E-state index contributed by atoms with van der Waals surface area (Å²) in [6, 6.07) is 0. The van der Waals surface area contributed by atoms with Crippen molar-refractivity contribution in [2.45, 2.75) is 38.3 Å². The molecule has 5 heteroatoms. The van der Waals surface area contributed by atoms with Gasteiger partial charge in [-0.3, -0.25) is 4.90 Å². The van der Waals surface area contributed by atoms with Crippen LogP contribution in [0.1, 0.15) is 32.0 Å². The van der Waals surface area contributed by atoms with Crippen LogP contribution in [0.4, 0.5) is 0 Å². The van der Waals surface area contributed by atoms with E-state index < -0.39 is 5.60 Å². The van der Waals surface area contributed by atoms with Crippen LogP contribution in [0.15, 0.2) is 12.4 Å². The minimum Gasteiger partial charge on any atom is -0.389 e. The van der Waals surface area contributed by atoms with E-state index in [1.54, 1.807) is 6.20 Å². The van der Waals surface area contributed by atoms with Crippen molar-refractivity contribution in [3.63, 3.8) is 0 Å². The van der Waals surface area contributed by atoms with Crippen LogP contribution in [0.2, 0.25) is 0 Å². The molecule has 3 rings (SSSR count). The van der Waals surface area contributed by atoms with Gasteiger partial charge in [0.05, 0.1) is 12.1 Å². The van der Waals surface area contributed by atoms with Crippen molar-refractivity contribution in [1.29, 1.82) is 0 Å². The number of aromatic amines is 1. The van der Waals surface area contributed by atoms with Gasteiger partial charge < -0.3 is 14.8 Å². The van der Waals surface area contributed by atoms with Crippen LogP contribution in [0.3, 0.4) is 0 Å². The van der Waals surface area contributed by atoms with Gasteiger partial charge in [0.1, 0.15) is 5.82 Å². The maximum atomic E-state index is 11.1. The Labute approximate surface area is 120 Å². The number of ether oxygens (including phenoxy) is 1. The standard InChI is InChI=1S/C15H25N3O2/c1-12-10-18(11-14-16-5-6-17-14)7-4-15(12,19)13-2-8-20-9-3-13/h5-6,12-13,19H,2-4,7-11H2,1H3,(H,16,17)/t12-,15+/m1/s1. The molecule has 0 radical (unpaired) electrons. The molecule has 0 saturated carbocycles. The molecule has 2 atom stereocenters. The summed E-state index contributed by atoms with van der Waals surface area (Å²) in [7, 11) is 0. The van der Waals surface area contributed by atoms with E-state index in [0.29, 0.717) is 11.8 Å². The average Bonchev–Trinajstić information content (AvgIpc) is 2.97. The molecule has 0 amide bonds. The fraction of sp³-hybridized carbons (Fsp3) is 0.800. The molecule has 5 nitrogen and oxygen atoms in total. The van der Waals surface area contributed by atoms with Crippen LogP contribution in [-0.4, -0.2) is 51.9 Å². The van der Waals surface area contributed by atoms with Gasteiger partial charge in [-0.25, -0.2) is 4.98 Å². The van der Waals surface area contributed by atoms with Crippen molar-refractivity contribution in [3.05, 3.63) is 18.2 Å². The Morgan fingerprint density at radius 3 is 2.95 bits per heavy atom. The van der Waals surface area contributed by atoms with Gasteiger partial charge >= 0.3 is 0 Å². The molecule has 2 aliphatic rings. The summed E-state index contributed by atoms with van der Waals surface area (Å²) in [4.78, 5) is 9.82. The number of likely N-dealkylation sites (tertiary alicyclic amines) is 1. The first kappa shape index (κ1) is 14.0. The predicted octanol–water partition coefficient (Wildman–Crippen LogP) is 1.41. The molecule has 112 valence electrons. The summed E-state index contributed by atoms with van der Waals surface area (Å²) >= 11 is 0. The van der Waals surface area contributed by atoms with Crippen molar-refractivity contribution in [2.75, 3.05) is 26.3 Å². The van der Waals surface area contributed by atoms with Gasteiger partial charge in [-0.1, -0.05) is 6.92 Å². The molecule has 0 spiro atoms. The quantitative estimate of drug-likeness (QED) is 0.878. The smallest absolute Gasteiger partial charge is 0.120 e. The Morgan fingerprint density at radius 1 is 1.50 bits per heavy atom. The zero-order valence-electron chi connectivity index (χ0n) is 12.2. The van der Waals surface area contributed by atoms with Crippen LogP contribution < -0.4 is 0 Å². The second kappa shape index (κ2) is 5.84. The summed E-state index contributed by atoms with van der Waals surface area (Å²) in [5.41, 5.74) is -0.510. The van der Waals surface area contributed by atoms with Crippen LogP contribution in [0.25, 0.3) is 0 Å². The molecular formula is C15H25N3O2. The van der Waals surface area contributed by atoms with Gasteiger partial charge in [-0.15, -0.1) is 0 Å². The van der Waals surface area contributed by atoms with E-state index in [4.69, 9.17) is 4.74 Å². The molecule has 20 heavy (non-hydrogen) atoms. The van der Waals surface area contributed by atoms with E-state index in [1.165, 1.54) is 0 Å². The lowest BCUT2D eigenvalue weighted by Crippen LogP contribution is -2.55. The zero-order valence-corrected chi connectivity index (χ0v) is 12.2. The number of rotatable bonds is 3. The van der Waals surface area contributed by atoms with E-state index in [1.807, 2.05) is 6.20 Å². The molecule has 0 aliphatic carbocycles. The molecule has 2 saturated heterocycles. The van der Waals surface area contributed by atoms with Gasteiger partial charge in [0, 0.05) is 38.7 Å². The maximum Gasteiger partial charge on any atom is 0.120 e. The molecule has 0 unspecified atom stereocenters. The molecule has 1 aromatic rings. The van der Waals surface area contributed by atoms with E-state index >= 15 is 0 Å². The highest BCUT2D eigenvalue weighted by atomic mass is 16.5. The monoisotopic (exact) mass is 279 g/mol. The number of piperidine rings is 1. The number of imidazole rings is 1. The number of nitrogens with zero attached hydrogens (tertiary/aromatic N) is 2. The minimum absolute atomic E-state index is 0.300. The third kappa shape index (κ3) is 2.75. The number of aliphatic hydroxyl groups is 1. The van der Waals surface area contributed by atoms with Gasteiger partial charge in [0.25, 0.3) is 0 Å². The van der Waals surface area contributed by atoms with Crippen LogP contribution >= 0.6 is 0 Å². The number of hydrogen-bond donors (Lipinski definition) is 2. The topological polar surface area (TPSA) is 61.4 Å². The second-order valence-electron chi connectivity index (χ2n) is 6.30. The SMILES string of the molecule is C[C@@H]1CN(Cc2ncc[nH]2)CC[C@@]1(O)C1CCOCC1. The molecule has 2 aliphatic heterocycles. The molecule has 0 bridgehead atoms. The van der Waals surface area contributed by atoms with E-state index in [-0.39, 0.29) is 0 Å². The Hall–Kier alpha value is -0.910. The first-order chi connectivity index (χ1) is 9.68.